The molecule has 0 saturated heterocycles. The van der Waals surface area contributed by atoms with E-state index in [1.54, 1.807) is 0 Å². The summed E-state index contributed by atoms with van der Waals surface area (Å²) in [5, 5.41) is -0.710. The van der Waals surface area contributed by atoms with Gasteiger partial charge in [-0.3, -0.25) is 0 Å². The number of carbonyl (C=O) groups excluding carboxylic acids is 1. The number of ether oxygens (including phenoxy) is 1. The summed E-state index contributed by atoms with van der Waals surface area (Å²) in [7, 11) is 0.990. The average molecular weight is 240 g/mol. The number of rotatable bonds is 2. The van der Waals surface area contributed by atoms with E-state index in [-0.39, 0.29) is 0 Å². The van der Waals surface area contributed by atoms with Crippen molar-refractivity contribution >= 4 is 17.6 Å². The van der Waals surface area contributed by atoms with Crippen LogP contribution in [-0.2, 0) is 4.74 Å². The van der Waals surface area contributed by atoms with E-state index >= 15 is 0 Å². The molecule has 3 nitrogen and oxygen atoms in total. The van der Waals surface area contributed by atoms with Gasteiger partial charge in [0.25, 0.3) is 6.43 Å². The number of alkyl halides is 2. The van der Waals surface area contributed by atoms with Crippen molar-refractivity contribution in [2.24, 2.45) is 0 Å². The fraction of sp³-hybridized carbons (Fsp3) is 0.250. The van der Waals surface area contributed by atoms with Gasteiger partial charge >= 0.3 is 5.97 Å². The lowest BCUT2D eigenvalue weighted by Crippen LogP contribution is -2.09. The van der Waals surface area contributed by atoms with Crippen molar-refractivity contribution in [2.75, 3.05) is 7.11 Å². The molecule has 0 saturated carbocycles. The molecule has 1 aromatic heterocycles. The van der Waals surface area contributed by atoms with E-state index in [0.717, 1.165) is 7.11 Å². The Hall–Kier alpha value is -1.30. The summed E-state index contributed by atoms with van der Waals surface area (Å²) in [6, 6.07) is 0.572. The first-order chi connectivity index (χ1) is 6.97. The van der Waals surface area contributed by atoms with E-state index in [1.165, 1.54) is 0 Å². The summed E-state index contributed by atoms with van der Waals surface area (Å²) in [5.74, 6) is -2.14. The molecule has 0 fully saturated rings. The van der Waals surface area contributed by atoms with Crippen molar-refractivity contribution in [3.63, 3.8) is 0 Å². The molecule has 0 radical (unpaired) electrons. The van der Waals surface area contributed by atoms with Gasteiger partial charge in [-0.05, 0) is 6.07 Å². The number of methoxy groups -OCH3 is 1. The molecule has 0 atom stereocenters. The van der Waals surface area contributed by atoms with Crippen LogP contribution in [0.3, 0.4) is 0 Å². The number of aromatic nitrogens is 1. The van der Waals surface area contributed by atoms with E-state index in [9.17, 15) is 18.0 Å². The molecule has 0 aliphatic carbocycles. The third kappa shape index (κ3) is 2.38. The van der Waals surface area contributed by atoms with E-state index in [0.29, 0.717) is 6.07 Å². The predicted molar refractivity (Wildman–Crippen MR) is 45.5 cm³/mol. The molecule has 0 N–H and O–H groups in total. The zero-order valence-corrected chi connectivity index (χ0v) is 8.19. The highest BCUT2D eigenvalue weighted by Gasteiger charge is 2.23. The average Bonchev–Trinajstić information content (AvgIpc) is 2.20. The molecule has 0 aliphatic rings. The summed E-state index contributed by atoms with van der Waals surface area (Å²) in [5.41, 5.74) is -1.53. The molecule has 1 heterocycles. The molecule has 0 bridgehead atoms. The number of halogens is 4. The zero-order chi connectivity index (χ0) is 11.6. The zero-order valence-electron chi connectivity index (χ0n) is 7.43. The van der Waals surface area contributed by atoms with Gasteiger partial charge in [-0.1, -0.05) is 11.6 Å². The van der Waals surface area contributed by atoms with Crippen LogP contribution >= 0.6 is 11.6 Å². The van der Waals surface area contributed by atoms with Crippen LogP contribution in [0, 0.1) is 5.82 Å². The number of carbonyl (C=O) groups is 1. The van der Waals surface area contributed by atoms with Crippen molar-refractivity contribution in [1.82, 2.24) is 4.98 Å². The minimum absolute atomic E-state index is 0.572. The predicted octanol–water partition coefficient (Wildman–Crippen LogP) is 2.60. The highest BCUT2D eigenvalue weighted by atomic mass is 35.5. The van der Waals surface area contributed by atoms with Gasteiger partial charge in [0.1, 0.15) is 5.69 Å². The fourth-order valence-corrected chi connectivity index (χ4v) is 1.07. The van der Waals surface area contributed by atoms with Gasteiger partial charge in [-0.2, -0.15) is 0 Å². The summed E-state index contributed by atoms with van der Waals surface area (Å²) < 4.78 is 41.8. The molecule has 7 heteroatoms. The van der Waals surface area contributed by atoms with Crippen LogP contribution in [0.1, 0.15) is 22.5 Å². The Morgan fingerprint density at radius 1 is 1.60 bits per heavy atom. The maximum atomic E-state index is 12.9. The third-order valence-corrected chi connectivity index (χ3v) is 1.84. The first-order valence-corrected chi connectivity index (χ1v) is 4.07. The topological polar surface area (TPSA) is 39.2 Å². The van der Waals surface area contributed by atoms with E-state index in [1.807, 2.05) is 0 Å². The molecular formula is C8H5ClF3NO2. The smallest absolute Gasteiger partial charge is 0.340 e. The molecule has 0 spiro atoms. The lowest BCUT2D eigenvalue weighted by molar-refractivity contribution is 0.0586. The number of esters is 1. The SMILES string of the molecule is COC(=O)c1cc(F)c(Cl)nc1C(F)F. The quantitative estimate of drug-likeness (QED) is 0.588. The molecule has 0 unspecified atom stereocenters. The maximum absolute atomic E-state index is 12.9. The van der Waals surface area contributed by atoms with Crippen molar-refractivity contribution in [2.45, 2.75) is 6.43 Å². The Kier molecular flexibility index (Phi) is 3.52. The molecule has 82 valence electrons. The molecular weight excluding hydrogens is 235 g/mol. The molecule has 1 rings (SSSR count). The Bertz CT molecular complexity index is 398. The van der Waals surface area contributed by atoms with Crippen LogP contribution in [0.25, 0.3) is 0 Å². The number of hydrogen-bond donors (Lipinski definition) is 0. The minimum Gasteiger partial charge on any atom is -0.465 e. The Labute approximate surface area is 87.8 Å². The number of hydrogen-bond acceptors (Lipinski definition) is 3. The standard InChI is InChI=1S/C8H5ClF3NO2/c1-15-8(14)3-2-4(10)6(9)13-5(3)7(11)12/h2,7H,1H3. The van der Waals surface area contributed by atoms with Gasteiger partial charge in [0.05, 0.1) is 12.7 Å². The highest BCUT2D eigenvalue weighted by molar-refractivity contribution is 6.29. The van der Waals surface area contributed by atoms with E-state index in [2.05, 4.69) is 9.72 Å². The van der Waals surface area contributed by atoms with Crippen LogP contribution in [0.2, 0.25) is 5.15 Å². The molecule has 1 aromatic rings. The van der Waals surface area contributed by atoms with Crippen LogP contribution in [0.5, 0.6) is 0 Å². The van der Waals surface area contributed by atoms with Crippen LogP contribution in [0.15, 0.2) is 6.07 Å². The van der Waals surface area contributed by atoms with Gasteiger partial charge in [-0.15, -0.1) is 0 Å². The van der Waals surface area contributed by atoms with Gasteiger partial charge in [0.2, 0.25) is 0 Å². The second-order valence-corrected chi connectivity index (χ2v) is 2.84. The van der Waals surface area contributed by atoms with Gasteiger partial charge in [0, 0.05) is 0 Å². The van der Waals surface area contributed by atoms with Gasteiger partial charge in [-0.25, -0.2) is 22.9 Å². The van der Waals surface area contributed by atoms with Crippen molar-refractivity contribution < 1.29 is 22.7 Å². The Balaban J connectivity index is 3.34. The second-order valence-electron chi connectivity index (χ2n) is 2.49. The second kappa shape index (κ2) is 4.48. The normalized spacial score (nSPS) is 10.5. The summed E-state index contributed by atoms with van der Waals surface area (Å²) in [4.78, 5) is 14.1. The van der Waals surface area contributed by atoms with Crippen LogP contribution in [0.4, 0.5) is 13.2 Å². The van der Waals surface area contributed by atoms with Crippen molar-refractivity contribution in [1.29, 1.82) is 0 Å². The molecule has 0 aromatic carbocycles. The fourth-order valence-electron chi connectivity index (χ4n) is 0.919. The van der Waals surface area contributed by atoms with E-state index < -0.39 is 34.6 Å². The monoisotopic (exact) mass is 239 g/mol. The minimum atomic E-state index is -3.03. The van der Waals surface area contributed by atoms with E-state index in [4.69, 9.17) is 11.6 Å². The first kappa shape index (κ1) is 11.8. The molecule has 0 aliphatic heterocycles. The summed E-state index contributed by atoms with van der Waals surface area (Å²) in [6.07, 6.45) is -3.03. The summed E-state index contributed by atoms with van der Waals surface area (Å²) in [6.45, 7) is 0. The Morgan fingerprint density at radius 3 is 2.67 bits per heavy atom. The maximum Gasteiger partial charge on any atom is 0.340 e. The summed E-state index contributed by atoms with van der Waals surface area (Å²) >= 11 is 5.21. The molecule has 15 heavy (non-hydrogen) atoms. The first-order valence-electron chi connectivity index (χ1n) is 3.69. The Morgan fingerprint density at radius 2 is 2.20 bits per heavy atom. The van der Waals surface area contributed by atoms with Crippen molar-refractivity contribution in [3.8, 4) is 0 Å². The number of nitrogens with zero attached hydrogens (tertiary/aromatic N) is 1. The van der Waals surface area contributed by atoms with Crippen LogP contribution < -0.4 is 0 Å². The largest absolute Gasteiger partial charge is 0.465 e. The molecule has 0 amide bonds. The van der Waals surface area contributed by atoms with Crippen LogP contribution in [-0.4, -0.2) is 18.1 Å². The lowest BCUT2D eigenvalue weighted by atomic mass is 10.2. The van der Waals surface area contributed by atoms with Gasteiger partial charge in [0.15, 0.2) is 11.0 Å². The van der Waals surface area contributed by atoms with Gasteiger partial charge < -0.3 is 4.74 Å². The van der Waals surface area contributed by atoms with Crippen molar-refractivity contribution in [3.05, 3.63) is 28.3 Å². The lowest BCUT2D eigenvalue weighted by Gasteiger charge is -2.06. The third-order valence-electron chi connectivity index (χ3n) is 1.57. The number of pyridine rings is 1. The highest BCUT2D eigenvalue weighted by Crippen LogP contribution is 2.25.